The van der Waals surface area contributed by atoms with E-state index in [1.165, 1.54) is 0 Å². The van der Waals surface area contributed by atoms with Gasteiger partial charge in [-0.05, 0) is 36.1 Å². The number of hydrogen-bond acceptors (Lipinski definition) is 3. The Morgan fingerprint density at radius 3 is 2.58 bits per heavy atom. The first kappa shape index (κ1) is 17.0. The van der Waals surface area contributed by atoms with Crippen LogP contribution in [0.3, 0.4) is 0 Å². The van der Waals surface area contributed by atoms with Gasteiger partial charge in [0.1, 0.15) is 6.61 Å². The summed E-state index contributed by atoms with van der Waals surface area (Å²) in [6.45, 7) is 1.49. The third-order valence-electron chi connectivity index (χ3n) is 4.28. The lowest BCUT2D eigenvalue weighted by atomic mass is 9.83. The van der Waals surface area contributed by atoms with E-state index in [1.807, 2.05) is 54.6 Å². The van der Waals surface area contributed by atoms with Gasteiger partial charge in [0.15, 0.2) is 0 Å². The van der Waals surface area contributed by atoms with Crippen molar-refractivity contribution in [1.82, 2.24) is 5.32 Å². The second-order valence-electron chi connectivity index (χ2n) is 5.89. The van der Waals surface area contributed by atoms with Crippen LogP contribution in [0.15, 0.2) is 59.1 Å². The first-order valence-electron chi connectivity index (χ1n) is 8.01. The summed E-state index contributed by atoms with van der Waals surface area (Å²) in [5, 5.41) is 3.08. The highest BCUT2D eigenvalue weighted by Crippen LogP contribution is 2.33. The number of ether oxygens (including phenoxy) is 2. The quantitative estimate of drug-likeness (QED) is 0.843. The molecule has 3 rings (SSSR count). The van der Waals surface area contributed by atoms with Crippen molar-refractivity contribution in [2.45, 2.75) is 25.0 Å². The molecule has 0 aliphatic carbocycles. The summed E-state index contributed by atoms with van der Waals surface area (Å²) >= 11 is 3.51. The molecule has 1 amide bonds. The topological polar surface area (TPSA) is 47.6 Å². The van der Waals surface area contributed by atoms with Crippen molar-refractivity contribution in [2.24, 2.45) is 0 Å². The summed E-state index contributed by atoms with van der Waals surface area (Å²) < 4.78 is 11.9. The van der Waals surface area contributed by atoms with E-state index in [1.54, 1.807) is 0 Å². The molecule has 1 N–H and O–H groups in total. The molecule has 0 bridgehead atoms. The number of hydrogen-bond donors (Lipinski definition) is 1. The largest absolute Gasteiger partial charge is 0.445 e. The molecule has 1 aliphatic rings. The molecule has 2 aromatic carbocycles. The Morgan fingerprint density at radius 1 is 1.12 bits per heavy atom. The molecule has 4 nitrogen and oxygen atoms in total. The molecule has 1 heterocycles. The third kappa shape index (κ3) is 4.16. The maximum absolute atomic E-state index is 12.4. The molecule has 1 saturated heterocycles. The molecular formula is C19H20BrNO3. The molecule has 0 atom stereocenters. The average Bonchev–Trinajstić information content (AvgIpc) is 2.62. The minimum atomic E-state index is -0.449. The fourth-order valence-corrected chi connectivity index (χ4v) is 3.35. The summed E-state index contributed by atoms with van der Waals surface area (Å²) in [6, 6.07) is 17.7. The van der Waals surface area contributed by atoms with Crippen molar-refractivity contribution < 1.29 is 14.3 Å². The zero-order valence-electron chi connectivity index (χ0n) is 13.3. The number of carbonyl (C=O) groups excluding carboxylic acids is 1. The fraction of sp³-hybridized carbons (Fsp3) is 0.316. The predicted octanol–water partition coefficient (Wildman–Crippen LogP) is 4.38. The molecule has 5 heteroatoms. The number of amides is 1. The molecule has 0 radical (unpaired) electrons. The standard InChI is InChI=1S/C19H20BrNO3/c20-17-8-4-7-16(13-17)19(9-11-23-12-10-19)21-18(22)24-14-15-5-2-1-3-6-15/h1-8,13H,9-12,14H2,(H,21,22). The molecule has 0 saturated carbocycles. The Hall–Kier alpha value is -1.85. The average molecular weight is 390 g/mol. The monoisotopic (exact) mass is 389 g/mol. The van der Waals surface area contributed by atoms with Crippen LogP contribution >= 0.6 is 15.9 Å². The molecule has 1 fully saturated rings. The van der Waals surface area contributed by atoms with Crippen molar-refractivity contribution >= 4 is 22.0 Å². The van der Waals surface area contributed by atoms with Crippen molar-refractivity contribution in [3.05, 3.63) is 70.2 Å². The lowest BCUT2D eigenvalue weighted by Gasteiger charge is -2.38. The number of alkyl carbamates (subject to hydrolysis) is 1. The van der Waals surface area contributed by atoms with Crippen LogP contribution < -0.4 is 5.32 Å². The highest BCUT2D eigenvalue weighted by molar-refractivity contribution is 9.10. The van der Waals surface area contributed by atoms with Crippen molar-refractivity contribution in [2.75, 3.05) is 13.2 Å². The van der Waals surface area contributed by atoms with Crippen LogP contribution in [0, 0.1) is 0 Å². The van der Waals surface area contributed by atoms with Gasteiger partial charge in [-0.1, -0.05) is 58.4 Å². The molecule has 126 valence electrons. The smallest absolute Gasteiger partial charge is 0.408 e. The van der Waals surface area contributed by atoms with E-state index in [4.69, 9.17) is 9.47 Å². The van der Waals surface area contributed by atoms with Crippen LogP contribution in [0.5, 0.6) is 0 Å². The van der Waals surface area contributed by atoms with Gasteiger partial charge in [-0.25, -0.2) is 4.79 Å². The van der Waals surface area contributed by atoms with Crippen LogP contribution in [0.4, 0.5) is 4.79 Å². The molecule has 0 spiro atoms. The van der Waals surface area contributed by atoms with Gasteiger partial charge in [0.25, 0.3) is 0 Å². The Kier molecular flexibility index (Phi) is 5.53. The van der Waals surface area contributed by atoms with Gasteiger partial charge >= 0.3 is 6.09 Å². The van der Waals surface area contributed by atoms with E-state index < -0.39 is 11.6 Å². The maximum atomic E-state index is 12.4. The normalized spacial score (nSPS) is 16.4. The van der Waals surface area contributed by atoms with E-state index in [9.17, 15) is 4.79 Å². The first-order chi connectivity index (χ1) is 11.7. The minimum absolute atomic E-state index is 0.262. The van der Waals surface area contributed by atoms with E-state index in [-0.39, 0.29) is 6.61 Å². The fourth-order valence-electron chi connectivity index (χ4n) is 2.95. The summed E-state index contributed by atoms with van der Waals surface area (Å²) in [6.07, 6.45) is 1.05. The van der Waals surface area contributed by atoms with E-state index >= 15 is 0 Å². The Bertz CT molecular complexity index is 684. The van der Waals surface area contributed by atoms with Crippen LogP contribution in [0.25, 0.3) is 0 Å². The van der Waals surface area contributed by atoms with Gasteiger partial charge in [-0.3, -0.25) is 0 Å². The van der Waals surface area contributed by atoms with Gasteiger partial charge in [-0.15, -0.1) is 0 Å². The minimum Gasteiger partial charge on any atom is -0.445 e. The lowest BCUT2D eigenvalue weighted by Crippen LogP contribution is -2.49. The SMILES string of the molecule is O=C(NC1(c2cccc(Br)c2)CCOCC1)OCc1ccccc1. The summed E-state index contributed by atoms with van der Waals surface area (Å²) in [5.74, 6) is 0. The maximum Gasteiger partial charge on any atom is 0.408 e. The van der Waals surface area contributed by atoms with Gasteiger partial charge in [-0.2, -0.15) is 0 Å². The van der Waals surface area contributed by atoms with Gasteiger partial charge in [0.05, 0.1) is 5.54 Å². The molecule has 0 unspecified atom stereocenters. The zero-order chi connectivity index (χ0) is 16.8. The van der Waals surface area contributed by atoms with Gasteiger partial charge in [0, 0.05) is 17.7 Å². The van der Waals surface area contributed by atoms with E-state index in [0.717, 1.165) is 28.4 Å². The van der Waals surface area contributed by atoms with Crippen molar-refractivity contribution in [1.29, 1.82) is 0 Å². The molecule has 2 aromatic rings. The third-order valence-corrected chi connectivity index (χ3v) is 4.77. The molecule has 24 heavy (non-hydrogen) atoms. The van der Waals surface area contributed by atoms with Gasteiger partial charge in [0.2, 0.25) is 0 Å². The highest BCUT2D eigenvalue weighted by atomic mass is 79.9. The number of benzene rings is 2. The van der Waals surface area contributed by atoms with Crippen LogP contribution in [-0.4, -0.2) is 19.3 Å². The number of rotatable bonds is 4. The Balaban J connectivity index is 1.71. The van der Waals surface area contributed by atoms with Crippen LogP contribution in [-0.2, 0) is 21.6 Å². The number of nitrogens with one attached hydrogen (secondary N) is 1. The molecule has 1 aliphatic heterocycles. The first-order valence-corrected chi connectivity index (χ1v) is 8.80. The summed E-state index contributed by atoms with van der Waals surface area (Å²) in [7, 11) is 0. The van der Waals surface area contributed by atoms with E-state index in [0.29, 0.717) is 13.2 Å². The van der Waals surface area contributed by atoms with Crippen LogP contribution in [0.2, 0.25) is 0 Å². The van der Waals surface area contributed by atoms with Crippen molar-refractivity contribution in [3.63, 3.8) is 0 Å². The summed E-state index contributed by atoms with van der Waals surface area (Å²) in [5.41, 5.74) is 1.59. The molecular weight excluding hydrogens is 370 g/mol. The second kappa shape index (κ2) is 7.81. The highest BCUT2D eigenvalue weighted by Gasteiger charge is 2.36. The Morgan fingerprint density at radius 2 is 1.88 bits per heavy atom. The number of halogens is 1. The second-order valence-corrected chi connectivity index (χ2v) is 6.81. The van der Waals surface area contributed by atoms with Crippen LogP contribution in [0.1, 0.15) is 24.0 Å². The van der Waals surface area contributed by atoms with Gasteiger partial charge < -0.3 is 14.8 Å². The predicted molar refractivity (Wildman–Crippen MR) is 95.6 cm³/mol. The zero-order valence-corrected chi connectivity index (χ0v) is 14.9. The lowest BCUT2D eigenvalue weighted by molar-refractivity contribution is 0.0330. The molecule has 0 aromatic heterocycles. The van der Waals surface area contributed by atoms with Crippen molar-refractivity contribution in [3.8, 4) is 0 Å². The van der Waals surface area contributed by atoms with E-state index in [2.05, 4.69) is 21.2 Å². The summed E-state index contributed by atoms with van der Waals surface area (Å²) in [4.78, 5) is 12.4. The number of carbonyl (C=O) groups is 1. The Labute approximate surface area is 150 Å².